The molecule has 0 unspecified atom stereocenters. The van der Waals surface area contributed by atoms with Crippen LogP contribution in [0.4, 0.5) is 0 Å². The predicted octanol–water partition coefficient (Wildman–Crippen LogP) is 2.92. The molecule has 0 N–H and O–H groups in total. The van der Waals surface area contributed by atoms with Gasteiger partial charge in [-0.05, 0) is 19.1 Å². The second-order valence-electron chi connectivity index (χ2n) is 3.36. The Balaban J connectivity index is 2.60. The van der Waals surface area contributed by atoms with Gasteiger partial charge in [-0.2, -0.15) is 0 Å². The third kappa shape index (κ3) is 1.60. The van der Waals surface area contributed by atoms with E-state index in [2.05, 4.69) is 6.58 Å². The number of esters is 1. The van der Waals surface area contributed by atoms with Gasteiger partial charge < -0.3 is 9.30 Å². The molecule has 3 nitrogen and oxygen atoms in total. The molecule has 0 atom stereocenters. The third-order valence-corrected chi connectivity index (χ3v) is 2.42. The zero-order valence-corrected chi connectivity index (χ0v) is 9.14. The highest BCUT2D eigenvalue weighted by Gasteiger charge is 2.14. The molecule has 0 fully saturated rings. The van der Waals surface area contributed by atoms with Crippen molar-refractivity contribution in [2.75, 3.05) is 6.61 Å². The molecule has 0 aliphatic rings. The monoisotopic (exact) mass is 215 g/mol. The van der Waals surface area contributed by atoms with Gasteiger partial charge in [-0.3, -0.25) is 0 Å². The Bertz CT molecular complexity index is 540. The van der Waals surface area contributed by atoms with Gasteiger partial charge in [-0.15, -0.1) is 0 Å². The maximum atomic E-state index is 11.7. The minimum atomic E-state index is -0.321. The van der Waals surface area contributed by atoms with Crippen molar-refractivity contribution in [2.45, 2.75) is 6.92 Å². The highest BCUT2D eigenvalue weighted by molar-refractivity contribution is 5.97. The van der Waals surface area contributed by atoms with E-state index >= 15 is 0 Å². The number of para-hydroxylation sites is 1. The average Bonchev–Trinajstić information content (AvgIpc) is 2.67. The first-order valence-electron chi connectivity index (χ1n) is 5.17. The molecule has 1 heterocycles. The van der Waals surface area contributed by atoms with Crippen molar-refractivity contribution >= 4 is 23.1 Å². The van der Waals surface area contributed by atoms with E-state index in [0.717, 1.165) is 10.9 Å². The standard InChI is InChI=1S/C13H13NO2/c1-3-14-11-8-6-5-7-10(11)9-12(14)13(15)16-4-2/h3,5-9H,1,4H2,2H3. The quantitative estimate of drug-likeness (QED) is 0.737. The smallest absolute Gasteiger partial charge is 0.355 e. The van der Waals surface area contributed by atoms with Gasteiger partial charge in [0.05, 0.1) is 12.1 Å². The number of benzene rings is 1. The molecule has 0 aliphatic heterocycles. The largest absolute Gasteiger partial charge is 0.461 e. The molecular formula is C13H13NO2. The van der Waals surface area contributed by atoms with Crippen LogP contribution in [-0.4, -0.2) is 17.1 Å². The molecule has 2 rings (SSSR count). The van der Waals surface area contributed by atoms with Gasteiger partial charge in [0.2, 0.25) is 0 Å². The van der Waals surface area contributed by atoms with E-state index in [9.17, 15) is 4.79 Å². The minimum Gasteiger partial charge on any atom is -0.461 e. The Morgan fingerprint density at radius 2 is 2.25 bits per heavy atom. The number of hydrogen-bond donors (Lipinski definition) is 0. The van der Waals surface area contributed by atoms with Crippen LogP contribution in [0.2, 0.25) is 0 Å². The molecule has 0 spiro atoms. The van der Waals surface area contributed by atoms with E-state index < -0.39 is 0 Å². The van der Waals surface area contributed by atoms with E-state index in [4.69, 9.17) is 4.74 Å². The normalized spacial score (nSPS) is 10.3. The summed E-state index contributed by atoms with van der Waals surface area (Å²) in [4.78, 5) is 11.7. The first-order chi connectivity index (χ1) is 7.77. The molecule has 0 saturated heterocycles. The topological polar surface area (TPSA) is 31.2 Å². The van der Waals surface area contributed by atoms with Gasteiger partial charge in [0.25, 0.3) is 0 Å². The lowest BCUT2D eigenvalue weighted by atomic mass is 10.2. The maximum Gasteiger partial charge on any atom is 0.355 e. The van der Waals surface area contributed by atoms with E-state index in [-0.39, 0.29) is 5.97 Å². The van der Waals surface area contributed by atoms with E-state index in [1.807, 2.05) is 30.3 Å². The third-order valence-electron chi connectivity index (χ3n) is 2.42. The lowest BCUT2D eigenvalue weighted by molar-refractivity contribution is 0.0518. The van der Waals surface area contributed by atoms with E-state index in [0.29, 0.717) is 12.3 Å². The number of ether oxygens (including phenoxy) is 1. The van der Waals surface area contributed by atoms with Crippen molar-refractivity contribution in [3.63, 3.8) is 0 Å². The number of aromatic nitrogens is 1. The molecule has 0 radical (unpaired) electrons. The summed E-state index contributed by atoms with van der Waals surface area (Å²) in [7, 11) is 0. The number of hydrogen-bond acceptors (Lipinski definition) is 2. The lowest BCUT2D eigenvalue weighted by Gasteiger charge is -2.03. The summed E-state index contributed by atoms with van der Waals surface area (Å²) in [6.07, 6.45) is 1.62. The van der Waals surface area contributed by atoms with Crippen LogP contribution in [0.25, 0.3) is 17.1 Å². The van der Waals surface area contributed by atoms with Crippen molar-refractivity contribution in [3.05, 3.63) is 42.6 Å². The van der Waals surface area contributed by atoms with Crippen LogP contribution in [0.3, 0.4) is 0 Å². The van der Waals surface area contributed by atoms with E-state index in [1.54, 1.807) is 17.7 Å². The van der Waals surface area contributed by atoms with Crippen molar-refractivity contribution in [2.24, 2.45) is 0 Å². The van der Waals surface area contributed by atoms with Crippen LogP contribution in [0.5, 0.6) is 0 Å². The molecule has 2 aromatic rings. The average molecular weight is 215 g/mol. The summed E-state index contributed by atoms with van der Waals surface area (Å²) in [6, 6.07) is 9.58. The van der Waals surface area contributed by atoms with Gasteiger partial charge >= 0.3 is 5.97 Å². The number of carbonyl (C=O) groups is 1. The summed E-state index contributed by atoms with van der Waals surface area (Å²) in [6.45, 7) is 5.87. The second kappa shape index (κ2) is 4.23. The van der Waals surface area contributed by atoms with Gasteiger partial charge in [0, 0.05) is 11.6 Å². The molecule has 0 bridgehead atoms. The number of fused-ring (bicyclic) bond motifs is 1. The maximum absolute atomic E-state index is 11.7. The number of nitrogens with zero attached hydrogens (tertiary/aromatic N) is 1. The SMILES string of the molecule is C=Cn1c(C(=O)OCC)cc2ccccc21. The fourth-order valence-electron chi connectivity index (χ4n) is 1.73. The first-order valence-corrected chi connectivity index (χ1v) is 5.17. The molecular weight excluding hydrogens is 202 g/mol. The van der Waals surface area contributed by atoms with Crippen LogP contribution >= 0.6 is 0 Å². The molecule has 1 aromatic heterocycles. The summed E-state index contributed by atoms with van der Waals surface area (Å²) in [5.41, 5.74) is 1.47. The van der Waals surface area contributed by atoms with Gasteiger partial charge in [-0.25, -0.2) is 4.79 Å². The highest BCUT2D eigenvalue weighted by Crippen LogP contribution is 2.20. The molecule has 0 aliphatic carbocycles. The minimum absolute atomic E-state index is 0.321. The number of rotatable bonds is 3. The Morgan fingerprint density at radius 3 is 2.94 bits per heavy atom. The summed E-state index contributed by atoms with van der Waals surface area (Å²) < 4.78 is 6.74. The Kier molecular flexibility index (Phi) is 2.77. The zero-order valence-electron chi connectivity index (χ0n) is 9.14. The molecule has 3 heteroatoms. The van der Waals surface area contributed by atoms with Crippen LogP contribution in [0.15, 0.2) is 36.9 Å². The molecule has 1 aromatic carbocycles. The highest BCUT2D eigenvalue weighted by atomic mass is 16.5. The Morgan fingerprint density at radius 1 is 1.50 bits per heavy atom. The lowest BCUT2D eigenvalue weighted by Crippen LogP contribution is -2.08. The van der Waals surface area contributed by atoms with Crippen molar-refractivity contribution in [1.82, 2.24) is 4.57 Å². The van der Waals surface area contributed by atoms with Crippen molar-refractivity contribution in [3.8, 4) is 0 Å². The van der Waals surface area contributed by atoms with E-state index in [1.165, 1.54) is 0 Å². The van der Waals surface area contributed by atoms with Gasteiger partial charge in [-0.1, -0.05) is 24.8 Å². The summed E-state index contributed by atoms with van der Waals surface area (Å²) >= 11 is 0. The van der Waals surface area contributed by atoms with Crippen LogP contribution in [0.1, 0.15) is 17.4 Å². The summed E-state index contributed by atoms with van der Waals surface area (Å²) in [5.74, 6) is -0.321. The van der Waals surface area contributed by atoms with Gasteiger partial charge in [0.1, 0.15) is 5.69 Å². The Hall–Kier alpha value is -2.03. The fourth-order valence-corrected chi connectivity index (χ4v) is 1.73. The Labute approximate surface area is 93.9 Å². The first kappa shape index (κ1) is 10.5. The molecule has 16 heavy (non-hydrogen) atoms. The van der Waals surface area contributed by atoms with Crippen LogP contribution < -0.4 is 0 Å². The van der Waals surface area contributed by atoms with Crippen LogP contribution in [0, 0.1) is 0 Å². The van der Waals surface area contributed by atoms with Crippen molar-refractivity contribution in [1.29, 1.82) is 0 Å². The zero-order chi connectivity index (χ0) is 11.5. The van der Waals surface area contributed by atoms with Gasteiger partial charge in [0.15, 0.2) is 0 Å². The molecule has 82 valence electrons. The van der Waals surface area contributed by atoms with Crippen molar-refractivity contribution < 1.29 is 9.53 Å². The second-order valence-corrected chi connectivity index (χ2v) is 3.36. The fraction of sp³-hybridized carbons (Fsp3) is 0.154. The number of carbonyl (C=O) groups excluding carboxylic acids is 1. The summed E-state index contributed by atoms with van der Waals surface area (Å²) in [5, 5.41) is 1.01. The molecule has 0 saturated carbocycles. The van der Waals surface area contributed by atoms with Crippen LogP contribution in [-0.2, 0) is 4.74 Å². The molecule has 0 amide bonds. The predicted molar refractivity (Wildman–Crippen MR) is 64.3 cm³/mol.